The number of carbonyl (C=O) groups is 2. The molecule has 0 radical (unpaired) electrons. The van der Waals surface area contributed by atoms with Crippen LogP contribution >= 0.6 is 0 Å². The summed E-state index contributed by atoms with van der Waals surface area (Å²) in [6.07, 6.45) is 3.90. The van der Waals surface area contributed by atoms with Crippen LogP contribution in [0.2, 0.25) is 0 Å². The van der Waals surface area contributed by atoms with Gasteiger partial charge in [-0.1, -0.05) is 6.92 Å². The summed E-state index contributed by atoms with van der Waals surface area (Å²) in [5.74, 6) is 0.0144. The lowest BCUT2D eigenvalue weighted by atomic mass is 10.0. The van der Waals surface area contributed by atoms with Crippen LogP contribution in [0, 0.1) is 5.92 Å². The predicted octanol–water partition coefficient (Wildman–Crippen LogP) is 2.35. The Morgan fingerprint density at radius 2 is 2.35 bits per heavy atom. The van der Waals surface area contributed by atoms with Crippen LogP contribution in [0.1, 0.15) is 53.1 Å². The minimum atomic E-state index is -0.409. The third kappa shape index (κ3) is 2.25. The molecule has 4 nitrogen and oxygen atoms in total. The molecule has 0 amide bonds. The maximum absolute atomic E-state index is 12.1. The quantitative estimate of drug-likeness (QED) is 0.632. The van der Waals surface area contributed by atoms with Gasteiger partial charge >= 0.3 is 5.97 Å². The second kappa shape index (κ2) is 4.73. The Hall–Kier alpha value is -1.58. The molecule has 0 saturated heterocycles. The molecule has 0 bridgehead atoms. The standard InChI is InChI=1S/C13H17NO3/c1-3-17-13(16)9-7-14-10-5-4-8(2)6-11(15)12(9)10/h7-8,14H,3-6H2,1-2H3. The number of aromatic nitrogens is 1. The first kappa shape index (κ1) is 11.9. The molecule has 4 heteroatoms. The highest BCUT2D eigenvalue weighted by atomic mass is 16.5. The van der Waals surface area contributed by atoms with E-state index < -0.39 is 5.97 Å². The largest absolute Gasteiger partial charge is 0.462 e. The Morgan fingerprint density at radius 1 is 1.59 bits per heavy atom. The van der Waals surface area contributed by atoms with Gasteiger partial charge in [0, 0.05) is 18.3 Å². The lowest BCUT2D eigenvalue weighted by Crippen LogP contribution is -2.11. The molecule has 0 fully saturated rings. The summed E-state index contributed by atoms with van der Waals surface area (Å²) in [4.78, 5) is 26.8. The maximum atomic E-state index is 12.1. The summed E-state index contributed by atoms with van der Waals surface area (Å²) in [5, 5.41) is 0. The van der Waals surface area contributed by atoms with E-state index in [0.29, 0.717) is 30.1 Å². The zero-order valence-electron chi connectivity index (χ0n) is 10.2. The molecule has 1 aromatic heterocycles. The number of aryl methyl sites for hydroxylation is 1. The Bertz CT molecular complexity index is 448. The van der Waals surface area contributed by atoms with Crippen molar-refractivity contribution < 1.29 is 14.3 Å². The van der Waals surface area contributed by atoms with Gasteiger partial charge in [-0.2, -0.15) is 0 Å². The molecule has 0 aliphatic heterocycles. The number of esters is 1. The number of hydrogen-bond acceptors (Lipinski definition) is 3. The van der Waals surface area contributed by atoms with E-state index in [1.165, 1.54) is 0 Å². The molecule has 1 aromatic rings. The van der Waals surface area contributed by atoms with Gasteiger partial charge in [-0.3, -0.25) is 4.79 Å². The van der Waals surface area contributed by atoms with E-state index >= 15 is 0 Å². The fourth-order valence-corrected chi connectivity index (χ4v) is 2.26. The maximum Gasteiger partial charge on any atom is 0.340 e. The van der Waals surface area contributed by atoms with Gasteiger partial charge in [0.15, 0.2) is 5.78 Å². The molecule has 92 valence electrons. The highest BCUT2D eigenvalue weighted by Gasteiger charge is 2.27. The highest BCUT2D eigenvalue weighted by Crippen LogP contribution is 2.26. The average Bonchev–Trinajstić information content (AvgIpc) is 2.64. The van der Waals surface area contributed by atoms with Crippen LogP contribution in [0.3, 0.4) is 0 Å². The summed E-state index contributed by atoms with van der Waals surface area (Å²) in [6.45, 7) is 4.14. The second-order valence-corrected chi connectivity index (χ2v) is 4.55. The zero-order valence-corrected chi connectivity index (χ0v) is 10.2. The van der Waals surface area contributed by atoms with Crippen molar-refractivity contribution in [2.45, 2.75) is 33.1 Å². The number of H-pyrrole nitrogens is 1. The molecule has 0 aromatic carbocycles. The van der Waals surface area contributed by atoms with Crippen LogP contribution in [0.5, 0.6) is 0 Å². The van der Waals surface area contributed by atoms with Gasteiger partial charge in [0.25, 0.3) is 0 Å². The molecule has 1 aliphatic rings. The Labute approximate surface area is 100 Å². The second-order valence-electron chi connectivity index (χ2n) is 4.55. The van der Waals surface area contributed by atoms with Crippen molar-refractivity contribution >= 4 is 11.8 Å². The number of ketones is 1. The number of rotatable bonds is 2. The summed E-state index contributed by atoms with van der Waals surface area (Å²) in [7, 11) is 0. The van der Waals surface area contributed by atoms with Crippen molar-refractivity contribution in [3.8, 4) is 0 Å². The van der Waals surface area contributed by atoms with Gasteiger partial charge in [-0.05, 0) is 25.7 Å². The number of carbonyl (C=O) groups excluding carboxylic acids is 2. The number of ether oxygens (including phenoxy) is 1. The minimum Gasteiger partial charge on any atom is -0.462 e. The Balaban J connectivity index is 2.36. The molecule has 1 heterocycles. The lowest BCUT2D eigenvalue weighted by Gasteiger charge is -2.05. The van der Waals surface area contributed by atoms with Crippen molar-refractivity contribution in [2.24, 2.45) is 5.92 Å². The molecule has 1 N–H and O–H groups in total. The molecule has 17 heavy (non-hydrogen) atoms. The number of nitrogens with one attached hydrogen (secondary N) is 1. The SMILES string of the molecule is CCOC(=O)c1c[nH]c2c1C(=O)CC(C)CC2. The van der Waals surface area contributed by atoms with Crippen LogP contribution in [0.15, 0.2) is 6.20 Å². The minimum absolute atomic E-state index is 0.0503. The third-order valence-electron chi connectivity index (χ3n) is 3.16. The lowest BCUT2D eigenvalue weighted by molar-refractivity contribution is 0.0523. The average molecular weight is 235 g/mol. The van der Waals surface area contributed by atoms with Crippen molar-refractivity contribution in [1.82, 2.24) is 4.98 Å². The van der Waals surface area contributed by atoms with Gasteiger partial charge < -0.3 is 9.72 Å². The van der Waals surface area contributed by atoms with Crippen LogP contribution in [0.25, 0.3) is 0 Å². The molecule has 1 aliphatic carbocycles. The van der Waals surface area contributed by atoms with E-state index in [4.69, 9.17) is 4.74 Å². The Morgan fingerprint density at radius 3 is 3.06 bits per heavy atom. The van der Waals surface area contributed by atoms with Crippen molar-refractivity contribution in [1.29, 1.82) is 0 Å². The summed E-state index contributed by atoms with van der Waals surface area (Å²) < 4.78 is 4.96. The van der Waals surface area contributed by atoms with Gasteiger partial charge in [-0.15, -0.1) is 0 Å². The summed E-state index contributed by atoms with van der Waals surface area (Å²) in [5.41, 5.74) is 1.82. The van der Waals surface area contributed by atoms with Gasteiger partial charge in [0.2, 0.25) is 0 Å². The van der Waals surface area contributed by atoms with Gasteiger partial charge in [0.05, 0.1) is 17.7 Å². The molecule has 0 saturated carbocycles. The van der Waals surface area contributed by atoms with Crippen molar-refractivity contribution in [2.75, 3.05) is 6.61 Å². The third-order valence-corrected chi connectivity index (χ3v) is 3.16. The molecule has 0 spiro atoms. The topological polar surface area (TPSA) is 59.2 Å². The molecule has 1 unspecified atom stereocenters. The van der Waals surface area contributed by atoms with Crippen molar-refractivity contribution in [3.63, 3.8) is 0 Å². The first-order valence-electron chi connectivity index (χ1n) is 6.04. The van der Waals surface area contributed by atoms with E-state index in [1.54, 1.807) is 13.1 Å². The van der Waals surface area contributed by atoms with Gasteiger partial charge in [-0.25, -0.2) is 4.79 Å². The summed E-state index contributed by atoms with van der Waals surface area (Å²) in [6, 6.07) is 0. The van der Waals surface area contributed by atoms with E-state index in [9.17, 15) is 9.59 Å². The van der Waals surface area contributed by atoms with E-state index in [0.717, 1.165) is 18.5 Å². The zero-order chi connectivity index (χ0) is 12.4. The first-order valence-corrected chi connectivity index (χ1v) is 6.04. The Kier molecular flexibility index (Phi) is 3.31. The number of aromatic amines is 1. The fourth-order valence-electron chi connectivity index (χ4n) is 2.26. The monoisotopic (exact) mass is 235 g/mol. The van der Waals surface area contributed by atoms with E-state index in [1.807, 2.05) is 0 Å². The molecular formula is C13H17NO3. The normalized spacial score (nSPS) is 19.6. The number of hydrogen-bond donors (Lipinski definition) is 1. The fraction of sp³-hybridized carbons (Fsp3) is 0.538. The molecule has 1 atom stereocenters. The van der Waals surface area contributed by atoms with E-state index in [-0.39, 0.29) is 5.78 Å². The summed E-state index contributed by atoms with van der Waals surface area (Å²) >= 11 is 0. The molecule has 2 rings (SSSR count). The first-order chi connectivity index (χ1) is 8.13. The van der Waals surface area contributed by atoms with Crippen LogP contribution in [0.4, 0.5) is 0 Å². The van der Waals surface area contributed by atoms with Crippen LogP contribution in [-0.4, -0.2) is 23.3 Å². The molecular weight excluding hydrogens is 218 g/mol. The predicted molar refractivity (Wildman–Crippen MR) is 63.2 cm³/mol. The number of Topliss-reactive ketones (excluding diaryl/α,β-unsaturated/α-hetero) is 1. The highest BCUT2D eigenvalue weighted by molar-refractivity contribution is 6.07. The van der Waals surface area contributed by atoms with Gasteiger partial charge in [0.1, 0.15) is 0 Å². The smallest absolute Gasteiger partial charge is 0.340 e. The van der Waals surface area contributed by atoms with Crippen LogP contribution < -0.4 is 0 Å². The van der Waals surface area contributed by atoms with Crippen LogP contribution in [-0.2, 0) is 11.2 Å². The number of fused-ring (bicyclic) bond motifs is 1. The van der Waals surface area contributed by atoms with Crippen molar-refractivity contribution in [3.05, 3.63) is 23.0 Å². The van der Waals surface area contributed by atoms with E-state index in [2.05, 4.69) is 11.9 Å².